The SMILES string of the molecule is COCCn1c(-c2cc(C)c(O)c(C)c2)nc2ccccc21. The normalized spacial score (nSPS) is 11.2. The number of methoxy groups -OCH3 is 1. The first-order valence-corrected chi connectivity index (χ1v) is 7.36. The van der Waals surface area contributed by atoms with E-state index in [1.165, 1.54) is 0 Å². The van der Waals surface area contributed by atoms with Crippen LogP contribution in [0.25, 0.3) is 22.4 Å². The van der Waals surface area contributed by atoms with Crippen molar-refractivity contribution < 1.29 is 9.84 Å². The van der Waals surface area contributed by atoms with Gasteiger partial charge in [-0.15, -0.1) is 0 Å². The van der Waals surface area contributed by atoms with E-state index in [-0.39, 0.29) is 0 Å². The lowest BCUT2D eigenvalue weighted by atomic mass is 10.1. The first-order chi connectivity index (χ1) is 10.6. The molecule has 0 aliphatic rings. The summed E-state index contributed by atoms with van der Waals surface area (Å²) in [5.74, 6) is 1.26. The fourth-order valence-corrected chi connectivity index (χ4v) is 2.79. The van der Waals surface area contributed by atoms with Gasteiger partial charge in [0.05, 0.1) is 17.6 Å². The van der Waals surface area contributed by atoms with Gasteiger partial charge in [-0.2, -0.15) is 0 Å². The van der Waals surface area contributed by atoms with Crippen LogP contribution in [0, 0.1) is 13.8 Å². The highest BCUT2D eigenvalue weighted by Crippen LogP contribution is 2.30. The third kappa shape index (κ3) is 2.46. The molecule has 0 bridgehead atoms. The molecule has 4 nitrogen and oxygen atoms in total. The van der Waals surface area contributed by atoms with E-state index in [4.69, 9.17) is 9.72 Å². The van der Waals surface area contributed by atoms with Crippen LogP contribution in [0.4, 0.5) is 0 Å². The molecule has 1 heterocycles. The molecule has 0 aliphatic heterocycles. The molecule has 0 saturated heterocycles. The number of hydrogen-bond donors (Lipinski definition) is 1. The highest BCUT2D eigenvalue weighted by atomic mass is 16.5. The van der Waals surface area contributed by atoms with Crippen LogP contribution in [0.1, 0.15) is 11.1 Å². The summed E-state index contributed by atoms with van der Waals surface area (Å²) in [5, 5.41) is 9.98. The topological polar surface area (TPSA) is 47.3 Å². The van der Waals surface area contributed by atoms with Gasteiger partial charge in [0.25, 0.3) is 0 Å². The molecule has 2 aromatic carbocycles. The lowest BCUT2D eigenvalue weighted by Gasteiger charge is -2.11. The Morgan fingerprint density at radius 1 is 1.14 bits per heavy atom. The average Bonchev–Trinajstić information content (AvgIpc) is 2.88. The molecule has 0 fully saturated rings. The number of benzene rings is 2. The van der Waals surface area contributed by atoms with E-state index < -0.39 is 0 Å². The Balaban J connectivity index is 2.21. The van der Waals surface area contributed by atoms with Crippen molar-refractivity contribution in [3.63, 3.8) is 0 Å². The average molecular weight is 296 g/mol. The van der Waals surface area contributed by atoms with Gasteiger partial charge in [-0.3, -0.25) is 0 Å². The van der Waals surface area contributed by atoms with Crippen LogP contribution in [-0.4, -0.2) is 28.4 Å². The largest absolute Gasteiger partial charge is 0.507 e. The Kier molecular flexibility index (Phi) is 3.86. The van der Waals surface area contributed by atoms with Gasteiger partial charge >= 0.3 is 0 Å². The molecule has 22 heavy (non-hydrogen) atoms. The molecule has 0 amide bonds. The Morgan fingerprint density at radius 2 is 1.82 bits per heavy atom. The Bertz CT molecular complexity index is 798. The van der Waals surface area contributed by atoms with Crippen LogP contribution in [-0.2, 0) is 11.3 Å². The van der Waals surface area contributed by atoms with E-state index >= 15 is 0 Å². The van der Waals surface area contributed by atoms with Crippen LogP contribution in [0.15, 0.2) is 36.4 Å². The number of aromatic nitrogens is 2. The van der Waals surface area contributed by atoms with Crippen molar-refractivity contribution in [1.82, 2.24) is 9.55 Å². The maximum atomic E-state index is 9.98. The predicted octanol–water partition coefficient (Wildman–Crippen LogP) is 3.67. The fraction of sp³-hybridized carbons (Fsp3) is 0.278. The van der Waals surface area contributed by atoms with Crippen molar-refractivity contribution in [3.05, 3.63) is 47.5 Å². The molecular formula is C18H20N2O2. The van der Waals surface area contributed by atoms with Gasteiger partial charge in [0, 0.05) is 19.2 Å². The number of fused-ring (bicyclic) bond motifs is 1. The second kappa shape index (κ2) is 5.81. The lowest BCUT2D eigenvalue weighted by Crippen LogP contribution is -2.06. The number of rotatable bonds is 4. The number of para-hydroxylation sites is 2. The zero-order valence-corrected chi connectivity index (χ0v) is 13.1. The van der Waals surface area contributed by atoms with Crippen molar-refractivity contribution in [3.8, 4) is 17.1 Å². The maximum absolute atomic E-state index is 9.98. The Labute approximate surface area is 130 Å². The number of nitrogens with zero attached hydrogens (tertiary/aromatic N) is 2. The number of phenolic OH excluding ortho intramolecular Hbond substituents is 1. The van der Waals surface area contributed by atoms with Crippen LogP contribution in [0.5, 0.6) is 5.75 Å². The van der Waals surface area contributed by atoms with E-state index in [2.05, 4.69) is 10.6 Å². The van der Waals surface area contributed by atoms with E-state index in [0.29, 0.717) is 12.4 Å². The molecule has 3 aromatic rings. The number of hydrogen-bond acceptors (Lipinski definition) is 3. The minimum Gasteiger partial charge on any atom is -0.507 e. The van der Waals surface area contributed by atoms with Gasteiger partial charge in [0.1, 0.15) is 11.6 Å². The smallest absolute Gasteiger partial charge is 0.141 e. The number of imidazole rings is 1. The molecule has 0 aliphatic carbocycles. The zero-order chi connectivity index (χ0) is 15.7. The summed E-state index contributed by atoms with van der Waals surface area (Å²) in [6, 6.07) is 12.1. The van der Waals surface area contributed by atoms with Gasteiger partial charge in [-0.05, 0) is 49.2 Å². The number of ether oxygens (including phenoxy) is 1. The van der Waals surface area contributed by atoms with E-state index in [1.54, 1.807) is 7.11 Å². The lowest BCUT2D eigenvalue weighted by molar-refractivity contribution is 0.188. The van der Waals surface area contributed by atoms with Crippen molar-refractivity contribution in [2.75, 3.05) is 13.7 Å². The maximum Gasteiger partial charge on any atom is 0.141 e. The highest BCUT2D eigenvalue weighted by Gasteiger charge is 2.14. The molecule has 0 spiro atoms. The third-order valence-electron chi connectivity index (χ3n) is 3.92. The highest BCUT2D eigenvalue weighted by molar-refractivity contribution is 5.81. The van der Waals surface area contributed by atoms with E-state index in [1.807, 2.05) is 44.2 Å². The summed E-state index contributed by atoms with van der Waals surface area (Å²) in [6.45, 7) is 5.19. The number of aromatic hydroxyl groups is 1. The minimum absolute atomic E-state index is 0.350. The van der Waals surface area contributed by atoms with Gasteiger partial charge in [-0.1, -0.05) is 12.1 Å². The molecule has 4 heteroatoms. The van der Waals surface area contributed by atoms with Crippen molar-refractivity contribution >= 4 is 11.0 Å². The van der Waals surface area contributed by atoms with Gasteiger partial charge in [0.2, 0.25) is 0 Å². The van der Waals surface area contributed by atoms with Gasteiger partial charge in [0.15, 0.2) is 0 Å². The Hall–Kier alpha value is -2.33. The molecule has 0 unspecified atom stereocenters. The summed E-state index contributed by atoms with van der Waals surface area (Å²) in [5.41, 5.74) is 4.80. The minimum atomic E-state index is 0.350. The summed E-state index contributed by atoms with van der Waals surface area (Å²) in [6.07, 6.45) is 0. The summed E-state index contributed by atoms with van der Waals surface area (Å²) in [4.78, 5) is 4.77. The monoisotopic (exact) mass is 296 g/mol. The van der Waals surface area contributed by atoms with Crippen LogP contribution in [0.3, 0.4) is 0 Å². The molecule has 0 atom stereocenters. The molecule has 0 saturated carbocycles. The quantitative estimate of drug-likeness (QED) is 0.799. The van der Waals surface area contributed by atoms with E-state index in [0.717, 1.165) is 40.1 Å². The summed E-state index contributed by atoms with van der Waals surface area (Å²) >= 11 is 0. The summed E-state index contributed by atoms with van der Waals surface area (Å²) in [7, 11) is 1.70. The third-order valence-corrected chi connectivity index (χ3v) is 3.92. The van der Waals surface area contributed by atoms with Crippen LogP contribution < -0.4 is 0 Å². The summed E-state index contributed by atoms with van der Waals surface area (Å²) < 4.78 is 7.40. The number of phenols is 1. The van der Waals surface area contributed by atoms with E-state index in [9.17, 15) is 5.11 Å². The second-order valence-corrected chi connectivity index (χ2v) is 5.53. The molecular weight excluding hydrogens is 276 g/mol. The zero-order valence-electron chi connectivity index (χ0n) is 13.1. The molecule has 0 radical (unpaired) electrons. The van der Waals surface area contributed by atoms with Crippen molar-refractivity contribution in [2.24, 2.45) is 0 Å². The van der Waals surface area contributed by atoms with Crippen LogP contribution in [0.2, 0.25) is 0 Å². The standard InChI is InChI=1S/C18H20N2O2/c1-12-10-14(11-13(2)17(12)21)18-19-15-6-4-5-7-16(15)20(18)8-9-22-3/h4-7,10-11,21H,8-9H2,1-3H3. The molecule has 1 aromatic heterocycles. The molecule has 1 N–H and O–H groups in total. The Morgan fingerprint density at radius 3 is 2.50 bits per heavy atom. The predicted molar refractivity (Wildman–Crippen MR) is 88.2 cm³/mol. The fourth-order valence-electron chi connectivity index (χ4n) is 2.79. The first kappa shape index (κ1) is 14.6. The van der Waals surface area contributed by atoms with Gasteiger partial charge < -0.3 is 14.4 Å². The van der Waals surface area contributed by atoms with Crippen LogP contribution >= 0.6 is 0 Å². The first-order valence-electron chi connectivity index (χ1n) is 7.36. The van der Waals surface area contributed by atoms with Gasteiger partial charge in [-0.25, -0.2) is 4.98 Å². The van der Waals surface area contributed by atoms with Crippen molar-refractivity contribution in [2.45, 2.75) is 20.4 Å². The second-order valence-electron chi connectivity index (χ2n) is 5.53. The molecule has 3 rings (SSSR count). The van der Waals surface area contributed by atoms with Crippen molar-refractivity contribution in [1.29, 1.82) is 0 Å². The molecule has 114 valence electrons. The number of aryl methyl sites for hydroxylation is 2.